The van der Waals surface area contributed by atoms with Crippen molar-refractivity contribution in [2.24, 2.45) is 5.92 Å². The van der Waals surface area contributed by atoms with E-state index in [-0.39, 0.29) is 5.91 Å². The number of alkyl halides is 1. The maximum absolute atomic E-state index is 12.8. The Balaban J connectivity index is 1.72. The van der Waals surface area contributed by atoms with E-state index in [1.807, 2.05) is 24.3 Å². The molecular weight excluding hydrogens is 326 g/mol. The Hall–Kier alpha value is -0.830. The van der Waals surface area contributed by atoms with E-state index in [1.165, 1.54) is 50.5 Å². The Labute approximate surface area is 136 Å². The maximum Gasteiger partial charge on any atom is 0.254 e. The van der Waals surface area contributed by atoms with E-state index < -0.39 is 0 Å². The number of hydrogen-bond donors (Lipinski definition) is 0. The lowest BCUT2D eigenvalue weighted by Gasteiger charge is -2.34. The van der Waals surface area contributed by atoms with Crippen molar-refractivity contribution < 1.29 is 4.79 Å². The van der Waals surface area contributed by atoms with Crippen LogP contribution in [0.1, 0.15) is 60.9 Å². The minimum atomic E-state index is 0.240. The third-order valence-corrected chi connectivity index (χ3v) is 5.76. The third kappa shape index (κ3) is 3.33. The van der Waals surface area contributed by atoms with Crippen LogP contribution in [0.5, 0.6) is 0 Å². The summed E-state index contributed by atoms with van der Waals surface area (Å²) in [5, 5.41) is 0.843. The monoisotopic (exact) mass is 349 g/mol. The van der Waals surface area contributed by atoms with Gasteiger partial charge in [0.2, 0.25) is 0 Å². The van der Waals surface area contributed by atoms with Gasteiger partial charge in [0.15, 0.2) is 0 Å². The van der Waals surface area contributed by atoms with Crippen molar-refractivity contribution in [1.29, 1.82) is 0 Å². The van der Waals surface area contributed by atoms with Crippen LogP contribution < -0.4 is 0 Å². The van der Waals surface area contributed by atoms with Crippen molar-refractivity contribution in [3.8, 4) is 0 Å². The topological polar surface area (TPSA) is 20.3 Å². The van der Waals surface area contributed by atoms with E-state index in [0.717, 1.165) is 23.4 Å². The summed E-state index contributed by atoms with van der Waals surface area (Å²) in [6.07, 6.45) is 9.09. The molecule has 0 N–H and O–H groups in total. The second kappa shape index (κ2) is 6.95. The fourth-order valence-corrected chi connectivity index (χ4v) is 4.33. The highest BCUT2D eigenvalue weighted by molar-refractivity contribution is 9.08. The summed E-state index contributed by atoms with van der Waals surface area (Å²) in [5.41, 5.74) is 2.07. The van der Waals surface area contributed by atoms with Crippen molar-refractivity contribution in [3.05, 3.63) is 35.4 Å². The first-order valence-corrected chi connectivity index (χ1v) is 9.37. The van der Waals surface area contributed by atoms with Gasteiger partial charge in [0.25, 0.3) is 5.91 Å². The molecule has 0 radical (unpaired) electrons. The van der Waals surface area contributed by atoms with Crippen LogP contribution in [0.4, 0.5) is 0 Å². The zero-order valence-electron chi connectivity index (χ0n) is 12.6. The van der Waals surface area contributed by atoms with E-state index in [4.69, 9.17) is 0 Å². The average molecular weight is 350 g/mol. The Kier molecular flexibility index (Phi) is 4.99. The van der Waals surface area contributed by atoms with Crippen molar-refractivity contribution in [3.63, 3.8) is 0 Å². The molecule has 1 saturated heterocycles. The number of rotatable bonds is 3. The molecule has 1 heterocycles. The highest BCUT2D eigenvalue weighted by Crippen LogP contribution is 2.35. The minimum absolute atomic E-state index is 0.240. The number of carbonyl (C=O) groups excluding carboxylic acids is 1. The second-order valence-electron chi connectivity index (χ2n) is 6.44. The molecule has 0 bridgehead atoms. The Morgan fingerprint density at radius 3 is 2.43 bits per heavy atom. The average Bonchev–Trinajstić information content (AvgIpc) is 3.04. The van der Waals surface area contributed by atoms with Crippen LogP contribution in [-0.2, 0) is 5.33 Å². The first-order chi connectivity index (χ1) is 10.3. The molecule has 2 nitrogen and oxygen atoms in total. The molecule has 2 aliphatic rings. The molecule has 114 valence electrons. The fourth-order valence-electron chi connectivity index (χ4n) is 3.96. The summed E-state index contributed by atoms with van der Waals surface area (Å²) in [7, 11) is 0. The van der Waals surface area contributed by atoms with Gasteiger partial charge in [-0.15, -0.1) is 0 Å². The molecule has 1 aromatic carbocycles. The van der Waals surface area contributed by atoms with Gasteiger partial charge in [-0.05, 0) is 49.3 Å². The molecule has 1 unspecified atom stereocenters. The van der Waals surface area contributed by atoms with Crippen LogP contribution in [0.25, 0.3) is 0 Å². The SMILES string of the molecule is O=C(c1ccc(CBr)cc1)N1CCCC1C1CCCCC1. The lowest BCUT2D eigenvalue weighted by molar-refractivity contribution is 0.0661. The zero-order chi connectivity index (χ0) is 14.7. The Morgan fingerprint density at radius 2 is 1.76 bits per heavy atom. The fraction of sp³-hybridized carbons (Fsp3) is 0.611. The molecule has 1 aliphatic heterocycles. The molecule has 1 amide bonds. The number of hydrogen-bond acceptors (Lipinski definition) is 1. The van der Waals surface area contributed by atoms with Gasteiger partial charge >= 0.3 is 0 Å². The van der Waals surface area contributed by atoms with E-state index in [0.29, 0.717) is 6.04 Å². The number of amides is 1. The number of carbonyl (C=O) groups is 1. The van der Waals surface area contributed by atoms with Crippen LogP contribution in [0, 0.1) is 5.92 Å². The van der Waals surface area contributed by atoms with Crippen LogP contribution >= 0.6 is 15.9 Å². The predicted molar refractivity (Wildman–Crippen MR) is 89.7 cm³/mol. The van der Waals surface area contributed by atoms with Gasteiger partial charge < -0.3 is 4.90 Å². The quantitative estimate of drug-likeness (QED) is 0.720. The standard InChI is InChI=1S/C18H24BrNO/c19-13-14-8-10-16(11-9-14)18(21)20-12-4-7-17(20)15-5-2-1-3-6-15/h8-11,15,17H,1-7,12-13H2. The van der Waals surface area contributed by atoms with Gasteiger partial charge in [-0.2, -0.15) is 0 Å². The van der Waals surface area contributed by atoms with Crippen molar-refractivity contribution in [2.45, 2.75) is 56.3 Å². The largest absolute Gasteiger partial charge is 0.335 e. The molecule has 0 spiro atoms. The number of nitrogens with zero attached hydrogens (tertiary/aromatic N) is 1. The minimum Gasteiger partial charge on any atom is -0.335 e. The molecule has 1 aliphatic carbocycles. The van der Waals surface area contributed by atoms with Crippen molar-refractivity contribution in [2.75, 3.05) is 6.54 Å². The number of benzene rings is 1. The Bertz CT molecular complexity index is 478. The Morgan fingerprint density at radius 1 is 1.05 bits per heavy atom. The van der Waals surface area contributed by atoms with Crippen LogP contribution in [-0.4, -0.2) is 23.4 Å². The normalized spacial score (nSPS) is 23.5. The summed E-state index contributed by atoms with van der Waals surface area (Å²) in [6.45, 7) is 0.945. The van der Waals surface area contributed by atoms with Crippen LogP contribution in [0.2, 0.25) is 0 Å². The van der Waals surface area contributed by atoms with Gasteiger partial charge in [-0.25, -0.2) is 0 Å². The number of likely N-dealkylation sites (tertiary alicyclic amines) is 1. The summed E-state index contributed by atoms with van der Waals surface area (Å²) >= 11 is 3.45. The summed E-state index contributed by atoms with van der Waals surface area (Å²) in [4.78, 5) is 15.0. The van der Waals surface area contributed by atoms with E-state index in [1.54, 1.807) is 0 Å². The van der Waals surface area contributed by atoms with Gasteiger partial charge in [0.1, 0.15) is 0 Å². The maximum atomic E-state index is 12.8. The molecule has 0 aromatic heterocycles. The van der Waals surface area contributed by atoms with Crippen molar-refractivity contribution in [1.82, 2.24) is 4.90 Å². The molecule has 1 saturated carbocycles. The highest BCUT2D eigenvalue weighted by atomic mass is 79.9. The molecule has 1 aromatic rings. The predicted octanol–water partition coefficient (Wildman–Crippen LogP) is 4.77. The molecular formula is C18H24BrNO. The van der Waals surface area contributed by atoms with Crippen LogP contribution in [0.3, 0.4) is 0 Å². The van der Waals surface area contributed by atoms with Gasteiger partial charge in [-0.1, -0.05) is 47.3 Å². The lowest BCUT2D eigenvalue weighted by atomic mass is 9.83. The summed E-state index contributed by atoms with van der Waals surface area (Å²) < 4.78 is 0. The van der Waals surface area contributed by atoms with Gasteiger partial charge in [0.05, 0.1) is 0 Å². The number of halogens is 1. The second-order valence-corrected chi connectivity index (χ2v) is 7.00. The molecule has 1 atom stereocenters. The van der Waals surface area contributed by atoms with Crippen molar-refractivity contribution >= 4 is 21.8 Å². The molecule has 3 rings (SSSR count). The van der Waals surface area contributed by atoms with E-state index in [2.05, 4.69) is 20.8 Å². The first kappa shape index (κ1) is 15.1. The molecule has 3 heteroatoms. The summed E-state index contributed by atoms with van der Waals surface area (Å²) in [6, 6.07) is 8.56. The third-order valence-electron chi connectivity index (χ3n) is 5.11. The van der Waals surface area contributed by atoms with Crippen LogP contribution in [0.15, 0.2) is 24.3 Å². The van der Waals surface area contributed by atoms with Gasteiger partial charge in [-0.3, -0.25) is 4.79 Å². The summed E-state index contributed by atoms with van der Waals surface area (Å²) in [5.74, 6) is 0.983. The van der Waals surface area contributed by atoms with Gasteiger partial charge in [0, 0.05) is 23.5 Å². The lowest BCUT2D eigenvalue weighted by Crippen LogP contribution is -2.40. The highest BCUT2D eigenvalue weighted by Gasteiger charge is 2.35. The zero-order valence-corrected chi connectivity index (χ0v) is 14.1. The first-order valence-electron chi connectivity index (χ1n) is 8.25. The molecule has 21 heavy (non-hydrogen) atoms. The van der Waals surface area contributed by atoms with E-state index >= 15 is 0 Å². The van der Waals surface area contributed by atoms with E-state index in [9.17, 15) is 4.79 Å². The smallest absolute Gasteiger partial charge is 0.254 e. The molecule has 2 fully saturated rings.